The van der Waals surface area contributed by atoms with Gasteiger partial charge in [0.05, 0.1) is 6.61 Å². The van der Waals surface area contributed by atoms with Gasteiger partial charge in [0.1, 0.15) is 5.69 Å². The molecule has 1 aliphatic rings. The van der Waals surface area contributed by atoms with Gasteiger partial charge in [-0.15, -0.1) is 0 Å². The molecule has 28 heavy (non-hydrogen) atoms. The Bertz CT molecular complexity index is 868. The first-order valence-electron chi connectivity index (χ1n) is 10.3. The summed E-state index contributed by atoms with van der Waals surface area (Å²) in [5, 5.41) is 0. The summed E-state index contributed by atoms with van der Waals surface area (Å²) in [7, 11) is 0. The van der Waals surface area contributed by atoms with Crippen LogP contribution in [0.3, 0.4) is 0 Å². The van der Waals surface area contributed by atoms with Crippen LogP contribution in [-0.2, 0) is 23.0 Å². The van der Waals surface area contributed by atoms with E-state index in [0.717, 1.165) is 29.7 Å². The molecule has 2 aromatic rings. The van der Waals surface area contributed by atoms with Crippen LogP contribution in [0.5, 0.6) is 0 Å². The van der Waals surface area contributed by atoms with Gasteiger partial charge in [0.2, 0.25) is 0 Å². The van der Waals surface area contributed by atoms with Gasteiger partial charge in [-0.05, 0) is 47.8 Å². The Balaban J connectivity index is 1.93. The third-order valence-electron chi connectivity index (χ3n) is 5.57. The summed E-state index contributed by atoms with van der Waals surface area (Å²) in [5.41, 5.74) is 5.48. The minimum Gasteiger partial charge on any atom is -0.461 e. The first-order valence-corrected chi connectivity index (χ1v) is 10.3. The summed E-state index contributed by atoms with van der Waals surface area (Å²) < 4.78 is 5.20. The second-order valence-corrected chi connectivity index (χ2v) is 8.70. The Labute approximate surface area is 167 Å². The average Bonchev–Trinajstić information content (AvgIpc) is 3.01. The van der Waals surface area contributed by atoms with Crippen LogP contribution in [0, 0.1) is 0 Å². The number of rotatable bonds is 5. The zero-order chi connectivity index (χ0) is 20.5. The van der Waals surface area contributed by atoms with Crippen molar-refractivity contribution in [3.63, 3.8) is 0 Å². The number of hydrogen-bond acceptors (Lipinski definition) is 3. The van der Waals surface area contributed by atoms with Crippen molar-refractivity contribution in [2.45, 2.75) is 71.6 Å². The molecule has 0 aliphatic heterocycles. The number of aromatic amines is 1. The minimum atomic E-state index is -0.362. The van der Waals surface area contributed by atoms with E-state index in [1.54, 1.807) is 6.92 Å². The van der Waals surface area contributed by atoms with Crippen LogP contribution in [0.1, 0.15) is 96.6 Å². The molecule has 0 bridgehead atoms. The lowest BCUT2D eigenvalue weighted by Crippen LogP contribution is -2.19. The highest BCUT2D eigenvalue weighted by molar-refractivity contribution is 6.03. The maximum atomic E-state index is 13.0. The van der Waals surface area contributed by atoms with Crippen molar-refractivity contribution in [2.24, 2.45) is 0 Å². The third kappa shape index (κ3) is 3.91. The van der Waals surface area contributed by atoms with E-state index in [4.69, 9.17) is 4.74 Å². The average molecular weight is 382 g/mol. The van der Waals surface area contributed by atoms with E-state index in [-0.39, 0.29) is 23.1 Å². The third-order valence-corrected chi connectivity index (χ3v) is 5.57. The first-order chi connectivity index (χ1) is 13.3. The van der Waals surface area contributed by atoms with E-state index in [2.05, 4.69) is 56.9 Å². The Morgan fingerprint density at radius 1 is 1.14 bits per heavy atom. The van der Waals surface area contributed by atoms with Crippen molar-refractivity contribution in [1.29, 1.82) is 0 Å². The number of aromatic nitrogens is 1. The number of hydrogen-bond donors (Lipinski definition) is 1. The van der Waals surface area contributed by atoms with Crippen LogP contribution in [0.15, 0.2) is 24.3 Å². The summed E-state index contributed by atoms with van der Waals surface area (Å²) >= 11 is 0. The van der Waals surface area contributed by atoms with Crippen LogP contribution >= 0.6 is 0 Å². The van der Waals surface area contributed by atoms with Gasteiger partial charge in [0.15, 0.2) is 5.78 Å². The fourth-order valence-corrected chi connectivity index (χ4v) is 4.10. The van der Waals surface area contributed by atoms with Gasteiger partial charge >= 0.3 is 5.97 Å². The molecule has 3 rings (SSSR count). The van der Waals surface area contributed by atoms with Crippen LogP contribution < -0.4 is 0 Å². The molecule has 0 fully saturated rings. The Morgan fingerprint density at radius 3 is 2.39 bits per heavy atom. The van der Waals surface area contributed by atoms with Gasteiger partial charge in [0.25, 0.3) is 0 Å². The Kier molecular flexibility index (Phi) is 5.78. The molecule has 1 aliphatic carbocycles. The van der Waals surface area contributed by atoms with E-state index >= 15 is 0 Å². The van der Waals surface area contributed by atoms with E-state index in [1.165, 1.54) is 11.1 Å². The molecular weight excluding hydrogens is 350 g/mol. The van der Waals surface area contributed by atoms with Gasteiger partial charge < -0.3 is 9.72 Å². The molecule has 150 valence electrons. The fraction of sp³-hybridized carbons (Fsp3) is 0.500. The van der Waals surface area contributed by atoms with Gasteiger partial charge in [-0.25, -0.2) is 4.79 Å². The molecule has 1 heterocycles. The predicted molar refractivity (Wildman–Crippen MR) is 111 cm³/mol. The molecule has 1 aromatic heterocycles. The zero-order valence-electron chi connectivity index (χ0n) is 17.6. The molecule has 0 saturated heterocycles. The van der Waals surface area contributed by atoms with E-state index in [0.29, 0.717) is 25.1 Å². The van der Waals surface area contributed by atoms with Crippen molar-refractivity contribution in [2.75, 3.05) is 6.61 Å². The number of ether oxygens (including phenoxy) is 1. The number of carbonyl (C=O) groups excluding carboxylic acids is 2. The van der Waals surface area contributed by atoms with Crippen molar-refractivity contribution >= 4 is 11.8 Å². The SMILES string of the molecule is CCCc1c(C(=O)OCC)[nH]c2c1C(=O)C[C@@H](c1ccc(C(C)(C)C)cc1)C2. The van der Waals surface area contributed by atoms with Crippen molar-refractivity contribution < 1.29 is 14.3 Å². The molecule has 0 unspecified atom stereocenters. The summed E-state index contributed by atoms with van der Waals surface area (Å²) in [4.78, 5) is 28.6. The summed E-state index contributed by atoms with van der Waals surface area (Å²) in [6, 6.07) is 8.62. The number of Topliss-reactive ketones (excluding diaryl/α,β-unsaturated/α-hetero) is 1. The second-order valence-electron chi connectivity index (χ2n) is 8.70. The lowest BCUT2D eigenvalue weighted by atomic mass is 9.79. The maximum Gasteiger partial charge on any atom is 0.355 e. The quantitative estimate of drug-likeness (QED) is 0.710. The van der Waals surface area contributed by atoms with Crippen molar-refractivity contribution in [3.8, 4) is 0 Å². The van der Waals surface area contributed by atoms with Crippen molar-refractivity contribution in [3.05, 3.63) is 57.9 Å². The number of nitrogens with one attached hydrogen (secondary N) is 1. The van der Waals surface area contributed by atoms with Crippen molar-refractivity contribution in [1.82, 2.24) is 4.98 Å². The molecule has 0 amide bonds. The van der Waals surface area contributed by atoms with Gasteiger partial charge in [-0.2, -0.15) is 0 Å². The molecule has 0 saturated carbocycles. The van der Waals surface area contributed by atoms with E-state index in [1.807, 2.05) is 0 Å². The second kappa shape index (κ2) is 7.94. The maximum absolute atomic E-state index is 13.0. The van der Waals surface area contributed by atoms with Gasteiger partial charge in [-0.1, -0.05) is 58.4 Å². The van der Waals surface area contributed by atoms with Crippen LogP contribution in [0.4, 0.5) is 0 Å². The Morgan fingerprint density at radius 2 is 1.82 bits per heavy atom. The standard InChI is InChI=1S/C24H31NO3/c1-6-8-18-21-19(25-22(18)23(27)28-7-2)13-16(14-20(21)26)15-9-11-17(12-10-15)24(3,4)5/h9-12,16,25H,6-8,13-14H2,1-5H3/t16-/m0/s1. The normalized spacial score (nSPS) is 16.8. The lowest BCUT2D eigenvalue weighted by molar-refractivity contribution is 0.0518. The highest BCUT2D eigenvalue weighted by atomic mass is 16.5. The summed E-state index contributed by atoms with van der Waals surface area (Å²) in [6.07, 6.45) is 2.81. The van der Waals surface area contributed by atoms with Gasteiger partial charge in [0, 0.05) is 17.7 Å². The lowest BCUT2D eigenvalue weighted by Gasteiger charge is -2.24. The molecule has 1 aromatic carbocycles. The largest absolute Gasteiger partial charge is 0.461 e. The smallest absolute Gasteiger partial charge is 0.355 e. The predicted octanol–water partition coefficient (Wildman–Crippen LogP) is 5.35. The highest BCUT2D eigenvalue weighted by Gasteiger charge is 2.33. The number of ketones is 1. The van der Waals surface area contributed by atoms with Crippen LogP contribution in [0.25, 0.3) is 0 Å². The molecular formula is C24H31NO3. The number of fused-ring (bicyclic) bond motifs is 1. The molecule has 1 N–H and O–H groups in total. The fourth-order valence-electron chi connectivity index (χ4n) is 4.10. The Hall–Kier alpha value is -2.36. The highest BCUT2D eigenvalue weighted by Crippen LogP contribution is 2.36. The van der Waals surface area contributed by atoms with Crippen LogP contribution in [0.2, 0.25) is 0 Å². The van der Waals surface area contributed by atoms with E-state index in [9.17, 15) is 9.59 Å². The molecule has 0 radical (unpaired) electrons. The van der Waals surface area contributed by atoms with Crippen LogP contribution in [-0.4, -0.2) is 23.3 Å². The molecule has 4 heteroatoms. The number of benzene rings is 1. The number of carbonyl (C=O) groups is 2. The topological polar surface area (TPSA) is 59.2 Å². The molecule has 4 nitrogen and oxygen atoms in total. The van der Waals surface area contributed by atoms with Gasteiger partial charge in [-0.3, -0.25) is 4.79 Å². The number of esters is 1. The monoisotopic (exact) mass is 381 g/mol. The zero-order valence-corrected chi connectivity index (χ0v) is 17.6. The summed E-state index contributed by atoms with van der Waals surface area (Å²) in [5.74, 6) is -0.0992. The van der Waals surface area contributed by atoms with E-state index < -0.39 is 0 Å². The minimum absolute atomic E-state index is 0.108. The summed E-state index contributed by atoms with van der Waals surface area (Å²) in [6.45, 7) is 10.8. The molecule has 1 atom stereocenters. The molecule has 0 spiro atoms. The first kappa shape index (κ1) is 20.4. The number of H-pyrrole nitrogens is 1.